The maximum Gasteiger partial charge on any atom is 0.258 e. The molecule has 0 unspecified atom stereocenters. The number of halogens is 1. The first-order valence-electron chi connectivity index (χ1n) is 5.12. The SMILES string of the molecule is Nc1cc(Cl)cc(-c2nc(-c3ncc[nH]3)no2)c1. The minimum atomic E-state index is 0.343. The molecule has 3 aromatic rings. The smallest absolute Gasteiger partial charge is 0.258 e. The number of hydrogen-bond acceptors (Lipinski definition) is 5. The molecule has 2 heterocycles. The Morgan fingerprint density at radius 2 is 2.17 bits per heavy atom. The summed E-state index contributed by atoms with van der Waals surface area (Å²) in [6.45, 7) is 0. The fraction of sp³-hybridized carbons (Fsp3) is 0. The van der Waals surface area contributed by atoms with Gasteiger partial charge in [-0.05, 0) is 18.2 Å². The fourth-order valence-electron chi connectivity index (χ4n) is 1.56. The molecule has 0 aliphatic rings. The number of hydrogen-bond donors (Lipinski definition) is 2. The third-order valence-corrected chi connectivity index (χ3v) is 2.52. The Kier molecular flexibility index (Phi) is 2.49. The minimum absolute atomic E-state index is 0.343. The largest absolute Gasteiger partial charge is 0.399 e. The van der Waals surface area contributed by atoms with E-state index in [2.05, 4.69) is 20.1 Å². The molecule has 0 aliphatic heterocycles. The van der Waals surface area contributed by atoms with Crippen molar-refractivity contribution in [1.29, 1.82) is 0 Å². The number of nitrogens with one attached hydrogen (secondary N) is 1. The Bertz CT molecular complexity index is 656. The standard InChI is InChI=1S/C11H8ClN5O/c12-7-3-6(4-8(13)5-7)11-16-10(17-18-11)9-14-1-2-15-9/h1-5H,13H2,(H,14,15). The zero-order valence-electron chi connectivity index (χ0n) is 9.09. The van der Waals surface area contributed by atoms with E-state index >= 15 is 0 Å². The molecule has 3 N–H and O–H groups in total. The summed E-state index contributed by atoms with van der Waals surface area (Å²) >= 11 is 5.92. The van der Waals surface area contributed by atoms with Crippen LogP contribution in [0.15, 0.2) is 35.1 Å². The Morgan fingerprint density at radius 3 is 2.89 bits per heavy atom. The molecule has 0 bridgehead atoms. The van der Waals surface area contributed by atoms with E-state index in [1.54, 1.807) is 30.6 Å². The Hall–Kier alpha value is -2.34. The highest BCUT2D eigenvalue weighted by Gasteiger charge is 2.12. The molecule has 0 amide bonds. The van der Waals surface area contributed by atoms with Crippen LogP contribution in [0, 0.1) is 0 Å². The van der Waals surface area contributed by atoms with Crippen LogP contribution in [0.3, 0.4) is 0 Å². The zero-order valence-corrected chi connectivity index (χ0v) is 9.85. The molecule has 90 valence electrons. The van der Waals surface area contributed by atoms with Gasteiger partial charge in [0.2, 0.25) is 5.82 Å². The molecule has 0 atom stereocenters. The minimum Gasteiger partial charge on any atom is -0.399 e. The maximum absolute atomic E-state index is 5.92. The second-order valence-electron chi connectivity index (χ2n) is 3.63. The second-order valence-corrected chi connectivity index (χ2v) is 4.07. The van der Waals surface area contributed by atoms with Gasteiger partial charge in [0.1, 0.15) is 0 Å². The van der Waals surface area contributed by atoms with Gasteiger partial charge in [-0.25, -0.2) is 4.98 Å². The molecule has 3 rings (SSSR count). The van der Waals surface area contributed by atoms with E-state index in [1.807, 2.05) is 0 Å². The van der Waals surface area contributed by atoms with Gasteiger partial charge in [-0.2, -0.15) is 4.98 Å². The lowest BCUT2D eigenvalue weighted by molar-refractivity contribution is 0.432. The lowest BCUT2D eigenvalue weighted by atomic mass is 10.2. The van der Waals surface area contributed by atoms with Crippen LogP contribution in [-0.4, -0.2) is 20.1 Å². The van der Waals surface area contributed by atoms with Crippen molar-refractivity contribution in [3.05, 3.63) is 35.6 Å². The van der Waals surface area contributed by atoms with Crippen LogP contribution < -0.4 is 5.73 Å². The third-order valence-electron chi connectivity index (χ3n) is 2.30. The van der Waals surface area contributed by atoms with E-state index in [0.29, 0.717) is 33.8 Å². The molecule has 2 aromatic heterocycles. The van der Waals surface area contributed by atoms with E-state index in [9.17, 15) is 0 Å². The topological polar surface area (TPSA) is 93.6 Å². The van der Waals surface area contributed by atoms with Crippen LogP contribution >= 0.6 is 11.6 Å². The molecule has 7 heteroatoms. The summed E-state index contributed by atoms with van der Waals surface area (Å²) in [6, 6.07) is 5.07. The van der Waals surface area contributed by atoms with Crippen LogP contribution in [0.5, 0.6) is 0 Å². The number of anilines is 1. The van der Waals surface area contributed by atoms with Crippen molar-refractivity contribution in [3.63, 3.8) is 0 Å². The van der Waals surface area contributed by atoms with Gasteiger partial charge in [0.15, 0.2) is 5.82 Å². The number of nitrogens with zero attached hydrogens (tertiary/aromatic N) is 3. The monoisotopic (exact) mass is 261 g/mol. The molecule has 0 radical (unpaired) electrons. The third kappa shape index (κ3) is 1.93. The van der Waals surface area contributed by atoms with E-state index in [-0.39, 0.29) is 0 Å². The number of nitrogens with two attached hydrogens (primary N) is 1. The summed E-state index contributed by atoms with van der Waals surface area (Å²) in [6.07, 6.45) is 3.30. The number of aromatic nitrogens is 4. The molecule has 1 aromatic carbocycles. The normalized spacial score (nSPS) is 10.7. The molecule has 0 fully saturated rings. The van der Waals surface area contributed by atoms with Crippen molar-refractivity contribution in [2.75, 3.05) is 5.73 Å². The first-order valence-corrected chi connectivity index (χ1v) is 5.50. The van der Waals surface area contributed by atoms with Crippen molar-refractivity contribution in [2.45, 2.75) is 0 Å². The first-order chi connectivity index (χ1) is 8.72. The Morgan fingerprint density at radius 1 is 1.28 bits per heavy atom. The summed E-state index contributed by atoms with van der Waals surface area (Å²) in [4.78, 5) is 11.2. The van der Waals surface area contributed by atoms with Crippen LogP contribution in [-0.2, 0) is 0 Å². The van der Waals surface area contributed by atoms with Gasteiger partial charge in [-0.1, -0.05) is 16.8 Å². The van der Waals surface area contributed by atoms with Gasteiger partial charge in [-0.3, -0.25) is 0 Å². The van der Waals surface area contributed by atoms with Gasteiger partial charge in [0, 0.05) is 28.7 Å². The van der Waals surface area contributed by atoms with Crippen molar-refractivity contribution in [3.8, 4) is 23.1 Å². The average molecular weight is 262 g/mol. The Labute approximate surface area is 107 Å². The highest BCUT2D eigenvalue weighted by Crippen LogP contribution is 2.25. The average Bonchev–Trinajstić information content (AvgIpc) is 2.99. The van der Waals surface area contributed by atoms with E-state index in [0.717, 1.165) is 0 Å². The van der Waals surface area contributed by atoms with E-state index in [1.165, 1.54) is 0 Å². The van der Waals surface area contributed by atoms with E-state index < -0.39 is 0 Å². The highest BCUT2D eigenvalue weighted by atomic mass is 35.5. The van der Waals surface area contributed by atoms with Crippen molar-refractivity contribution in [1.82, 2.24) is 20.1 Å². The van der Waals surface area contributed by atoms with Gasteiger partial charge in [0.25, 0.3) is 5.89 Å². The van der Waals surface area contributed by atoms with Crippen LogP contribution in [0.4, 0.5) is 5.69 Å². The van der Waals surface area contributed by atoms with Crippen molar-refractivity contribution >= 4 is 17.3 Å². The number of H-pyrrole nitrogens is 1. The predicted octanol–water partition coefficient (Wildman–Crippen LogP) is 2.36. The number of imidazole rings is 1. The summed E-state index contributed by atoms with van der Waals surface area (Å²) in [5, 5.41) is 4.35. The molecular formula is C11H8ClN5O. The first kappa shape index (κ1) is 10.8. The predicted molar refractivity (Wildman–Crippen MR) is 66.7 cm³/mol. The Balaban J connectivity index is 2.03. The molecule has 0 spiro atoms. The van der Waals surface area contributed by atoms with E-state index in [4.69, 9.17) is 21.9 Å². The van der Waals surface area contributed by atoms with Crippen molar-refractivity contribution < 1.29 is 4.52 Å². The number of rotatable bonds is 2. The molecule has 6 nitrogen and oxygen atoms in total. The molecule has 0 aliphatic carbocycles. The number of benzene rings is 1. The highest BCUT2D eigenvalue weighted by molar-refractivity contribution is 6.31. The maximum atomic E-state index is 5.92. The quantitative estimate of drug-likeness (QED) is 0.691. The molecule has 0 saturated heterocycles. The zero-order chi connectivity index (χ0) is 12.5. The van der Waals surface area contributed by atoms with Crippen LogP contribution in [0.25, 0.3) is 23.1 Å². The lowest BCUT2D eigenvalue weighted by Crippen LogP contribution is -1.87. The number of nitrogen functional groups attached to an aromatic ring is 1. The molecule has 0 saturated carbocycles. The van der Waals surface area contributed by atoms with Crippen molar-refractivity contribution in [2.24, 2.45) is 0 Å². The summed E-state index contributed by atoms with van der Waals surface area (Å²) in [7, 11) is 0. The van der Waals surface area contributed by atoms with Crippen LogP contribution in [0.2, 0.25) is 5.02 Å². The van der Waals surface area contributed by atoms with Gasteiger partial charge >= 0.3 is 0 Å². The fourth-order valence-corrected chi connectivity index (χ4v) is 1.80. The molecular weight excluding hydrogens is 254 g/mol. The summed E-state index contributed by atoms with van der Waals surface area (Å²) in [5.74, 6) is 1.27. The van der Waals surface area contributed by atoms with Crippen LogP contribution in [0.1, 0.15) is 0 Å². The second kappa shape index (κ2) is 4.15. The molecule has 18 heavy (non-hydrogen) atoms. The van der Waals surface area contributed by atoms with Gasteiger partial charge in [0.05, 0.1) is 0 Å². The lowest BCUT2D eigenvalue weighted by Gasteiger charge is -1.98. The summed E-state index contributed by atoms with van der Waals surface area (Å²) < 4.78 is 5.15. The van der Waals surface area contributed by atoms with Gasteiger partial charge in [-0.15, -0.1) is 0 Å². The van der Waals surface area contributed by atoms with Gasteiger partial charge < -0.3 is 15.2 Å². The number of aromatic amines is 1. The summed E-state index contributed by atoms with van der Waals surface area (Å²) in [5.41, 5.74) is 6.91.